The van der Waals surface area contributed by atoms with Crippen molar-refractivity contribution in [2.75, 3.05) is 0 Å². The highest BCUT2D eigenvalue weighted by atomic mass is 16.3. The minimum Gasteiger partial charge on any atom is -0.508 e. The van der Waals surface area contributed by atoms with Gasteiger partial charge < -0.3 is 10.4 Å². The molecule has 2 atom stereocenters. The van der Waals surface area contributed by atoms with Gasteiger partial charge in [-0.05, 0) is 36.5 Å². The van der Waals surface area contributed by atoms with Crippen molar-refractivity contribution in [1.29, 1.82) is 0 Å². The maximum atomic E-state index is 12.0. The summed E-state index contributed by atoms with van der Waals surface area (Å²) in [5.41, 5.74) is 0.937. The summed E-state index contributed by atoms with van der Waals surface area (Å²) in [6.07, 6.45) is 5.67. The molecule has 2 rings (SSSR count). The van der Waals surface area contributed by atoms with Crippen molar-refractivity contribution in [3.63, 3.8) is 0 Å². The molecule has 0 aliphatic heterocycles. The molecule has 1 aliphatic carbocycles. The second kappa shape index (κ2) is 9.43. The van der Waals surface area contributed by atoms with Crippen LogP contribution in [0.15, 0.2) is 24.3 Å². The Morgan fingerprint density at radius 3 is 2.67 bits per heavy atom. The number of hydrogen-bond donors (Lipinski definition) is 2. The van der Waals surface area contributed by atoms with Crippen LogP contribution in [0.5, 0.6) is 5.75 Å². The van der Waals surface area contributed by atoms with E-state index in [0.29, 0.717) is 12.5 Å². The molecule has 118 valence electrons. The molecular weight excluding hydrogens is 262 g/mol. The molecule has 0 heterocycles. The van der Waals surface area contributed by atoms with Crippen LogP contribution in [0.2, 0.25) is 0 Å². The number of hydrogen-bond acceptors (Lipinski definition) is 2. The van der Waals surface area contributed by atoms with Crippen molar-refractivity contribution >= 4 is 5.91 Å². The lowest BCUT2D eigenvalue weighted by molar-refractivity contribution is -0.126. The summed E-state index contributed by atoms with van der Waals surface area (Å²) in [5.74, 6) is 1.24. The lowest BCUT2D eigenvalue weighted by atomic mass is 9.82. The van der Waals surface area contributed by atoms with Gasteiger partial charge in [-0.3, -0.25) is 4.79 Å². The first-order valence-corrected chi connectivity index (χ1v) is 8.12. The van der Waals surface area contributed by atoms with Crippen LogP contribution in [0.1, 0.15) is 58.4 Å². The van der Waals surface area contributed by atoms with Gasteiger partial charge in [-0.1, -0.05) is 52.2 Å². The van der Waals surface area contributed by atoms with Crippen LogP contribution in [-0.2, 0) is 11.3 Å². The smallest absolute Gasteiger partial charge is 0.223 e. The van der Waals surface area contributed by atoms with Gasteiger partial charge in [-0.15, -0.1) is 0 Å². The molecule has 1 aromatic rings. The Kier molecular flexibility index (Phi) is 7.88. The van der Waals surface area contributed by atoms with Gasteiger partial charge in [-0.25, -0.2) is 0 Å². The molecule has 3 heteroatoms. The molecule has 2 unspecified atom stereocenters. The van der Waals surface area contributed by atoms with Gasteiger partial charge in [0.2, 0.25) is 5.91 Å². The zero-order valence-electron chi connectivity index (χ0n) is 13.6. The van der Waals surface area contributed by atoms with Crippen LogP contribution >= 0.6 is 0 Å². The summed E-state index contributed by atoms with van der Waals surface area (Å²) in [7, 11) is 0. The molecule has 0 radical (unpaired) electrons. The van der Waals surface area contributed by atoms with Crippen LogP contribution in [0.4, 0.5) is 0 Å². The molecule has 1 amide bonds. The van der Waals surface area contributed by atoms with E-state index in [2.05, 4.69) is 26.1 Å². The number of amides is 1. The van der Waals surface area contributed by atoms with E-state index in [4.69, 9.17) is 0 Å². The van der Waals surface area contributed by atoms with Crippen LogP contribution in [0.25, 0.3) is 0 Å². The predicted molar refractivity (Wildman–Crippen MR) is 87.0 cm³/mol. The number of phenolic OH excluding ortho intramolecular Hbond substituents is 1. The van der Waals surface area contributed by atoms with E-state index in [0.717, 1.165) is 24.8 Å². The Hall–Kier alpha value is -1.51. The zero-order valence-corrected chi connectivity index (χ0v) is 13.6. The summed E-state index contributed by atoms with van der Waals surface area (Å²) in [6.45, 7) is 6.97. The van der Waals surface area contributed by atoms with E-state index in [1.54, 1.807) is 18.2 Å². The third-order valence-corrected chi connectivity index (χ3v) is 3.68. The van der Waals surface area contributed by atoms with Gasteiger partial charge >= 0.3 is 0 Å². The van der Waals surface area contributed by atoms with Crippen LogP contribution in [0, 0.1) is 11.8 Å². The maximum absolute atomic E-state index is 12.0. The second-order valence-electron chi connectivity index (χ2n) is 6.06. The molecule has 1 aromatic carbocycles. The number of carbonyl (C=O) groups is 1. The average Bonchev–Trinajstić information content (AvgIpc) is 2.46. The first-order chi connectivity index (χ1) is 10.1. The predicted octanol–water partition coefficient (Wildman–Crippen LogP) is 4.25. The number of carbonyl (C=O) groups excluding carboxylic acids is 1. The average molecular weight is 291 g/mol. The highest BCUT2D eigenvalue weighted by Crippen LogP contribution is 2.28. The lowest BCUT2D eigenvalue weighted by Gasteiger charge is -2.25. The molecule has 0 saturated heterocycles. The first-order valence-electron chi connectivity index (χ1n) is 8.12. The van der Waals surface area contributed by atoms with Crippen molar-refractivity contribution in [3.8, 4) is 5.75 Å². The summed E-state index contributed by atoms with van der Waals surface area (Å²) in [4.78, 5) is 12.0. The maximum Gasteiger partial charge on any atom is 0.223 e. The standard InChI is InChI=1S/C15H21NO2.C3H8/c1-11-4-2-6-13(8-11)15(18)16-10-12-5-3-7-14(17)9-12;1-3-2/h3,5,7,9,11,13,17H,2,4,6,8,10H2,1H3,(H,16,18);3H2,1-2H3. The fraction of sp³-hybridized carbons (Fsp3) is 0.611. The summed E-state index contributed by atoms with van der Waals surface area (Å²) < 4.78 is 0. The second-order valence-corrected chi connectivity index (χ2v) is 6.06. The minimum atomic E-state index is 0.157. The number of benzene rings is 1. The molecule has 0 aromatic heterocycles. The highest BCUT2D eigenvalue weighted by molar-refractivity contribution is 5.78. The largest absolute Gasteiger partial charge is 0.508 e. The minimum absolute atomic E-state index is 0.157. The molecular formula is C18H29NO2. The van der Waals surface area contributed by atoms with Crippen molar-refractivity contribution < 1.29 is 9.90 Å². The van der Waals surface area contributed by atoms with Crippen LogP contribution in [0.3, 0.4) is 0 Å². The zero-order chi connectivity index (χ0) is 15.7. The number of nitrogens with one attached hydrogen (secondary N) is 1. The van der Waals surface area contributed by atoms with Gasteiger partial charge in [0.25, 0.3) is 0 Å². The van der Waals surface area contributed by atoms with Crippen LogP contribution in [-0.4, -0.2) is 11.0 Å². The fourth-order valence-electron chi connectivity index (χ4n) is 2.67. The summed E-state index contributed by atoms with van der Waals surface area (Å²) in [5, 5.41) is 12.3. The normalized spacial score (nSPS) is 21.1. The molecule has 3 nitrogen and oxygen atoms in total. The molecule has 0 bridgehead atoms. The number of aromatic hydroxyl groups is 1. The Balaban J connectivity index is 0.000000677. The monoisotopic (exact) mass is 291 g/mol. The first kappa shape index (κ1) is 17.5. The Morgan fingerprint density at radius 1 is 1.33 bits per heavy atom. The Bertz CT molecular complexity index is 431. The van der Waals surface area contributed by atoms with Crippen molar-refractivity contribution in [3.05, 3.63) is 29.8 Å². The summed E-state index contributed by atoms with van der Waals surface area (Å²) >= 11 is 0. The third kappa shape index (κ3) is 6.65. The van der Waals surface area contributed by atoms with Gasteiger partial charge in [0, 0.05) is 12.5 Å². The van der Waals surface area contributed by atoms with Gasteiger partial charge in [0.1, 0.15) is 5.75 Å². The van der Waals surface area contributed by atoms with E-state index in [1.807, 2.05) is 6.07 Å². The van der Waals surface area contributed by atoms with Gasteiger partial charge in [-0.2, -0.15) is 0 Å². The van der Waals surface area contributed by atoms with Crippen molar-refractivity contribution in [2.45, 2.75) is 59.4 Å². The van der Waals surface area contributed by atoms with Crippen molar-refractivity contribution in [2.24, 2.45) is 11.8 Å². The third-order valence-electron chi connectivity index (χ3n) is 3.68. The Labute approximate surface area is 128 Å². The van der Waals surface area contributed by atoms with E-state index in [9.17, 15) is 9.90 Å². The highest BCUT2D eigenvalue weighted by Gasteiger charge is 2.24. The van der Waals surface area contributed by atoms with Gasteiger partial charge in [0.05, 0.1) is 0 Å². The molecule has 1 saturated carbocycles. The Morgan fingerprint density at radius 2 is 2.05 bits per heavy atom. The fourth-order valence-corrected chi connectivity index (χ4v) is 2.67. The molecule has 21 heavy (non-hydrogen) atoms. The van der Waals surface area contributed by atoms with E-state index in [1.165, 1.54) is 12.8 Å². The SMILES string of the molecule is CC1CCCC(C(=O)NCc2cccc(O)c2)C1.CCC. The lowest BCUT2D eigenvalue weighted by Crippen LogP contribution is -2.33. The van der Waals surface area contributed by atoms with Crippen molar-refractivity contribution in [1.82, 2.24) is 5.32 Å². The topological polar surface area (TPSA) is 49.3 Å². The van der Waals surface area contributed by atoms with Crippen LogP contribution < -0.4 is 5.32 Å². The summed E-state index contributed by atoms with van der Waals surface area (Å²) in [6, 6.07) is 7.01. The molecule has 1 fully saturated rings. The van der Waals surface area contributed by atoms with Gasteiger partial charge in [0.15, 0.2) is 0 Å². The van der Waals surface area contributed by atoms with E-state index >= 15 is 0 Å². The van der Waals surface area contributed by atoms with E-state index in [-0.39, 0.29) is 17.6 Å². The molecule has 2 N–H and O–H groups in total. The number of rotatable bonds is 3. The quantitative estimate of drug-likeness (QED) is 0.874. The molecule has 1 aliphatic rings. The van der Waals surface area contributed by atoms with E-state index < -0.39 is 0 Å². The molecule has 0 spiro atoms. The number of phenols is 1.